The number of carbonyl (C=O) groups excluding carboxylic acids is 1. The van der Waals surface area contributed by atoms with Crippen molar-refractivity contribution < 1.29 is 29.1 Å². The first-order valence-corrected chi connectivity index (χ1v) is 5.08. The van der Waals surface area contributed by atoms with Gasteiger partial charge < -0.3 is 9.84 Å². The minimum Gasteiger partial charge on any atom is -0.480 e. The van der Waals surface area contributed by atoms with Crippen molar-refractivity contribution in [3.63, 3.8) is 0 Å². The molecule has 0 atom stereocenters. The number of carboxylic acids is 1. The summed E-state index contributed by atoms with van der Waals surface area (Å²) in [5.41, 5.74) is -0.729. The third-order valence-corrected chi connectivity index (χ3v) is 1.57. The smallest absolute Gasteiger partial charge is 0.429 e. The van der Waals surface area contributed by atoms with Crippen molar-refractivity contribution in [1.82, 2.24) is 10.3 Å². The summed E-state index contributed by atoms with van der Waals surface area (Å²) in [6.45, 7) is 4.92. The highest BCUT2D eigenvalue weighted by atomic mass is 17.0. The number of rotatable bonds is 3. The van der Waals surface area contributed by atoms with E-state index in [4.69, 9.17) is 19.5 Å². The molecule has 1 fully saturated rings. The molecule has 17 heavy (non-hydrogen) atoms. The van der Waals surface area contributed by atoms with Crippen LogP contribution in [-0.2, 0) is 19.2 Å². The highest BCUT2D eigenvalue weighted by Gasteiger charge is 2.32. The van der Waals surface area contributed by atoms with E-state index in [1.807, 2.05) is 0 Å². The fourth-order valence-corrected chi connectivity index (χ4v) is 1.04. The summed E-state index contributed by atoms with van der Waals surface area (Å²) in [5.74, 6) is -1.20. The zero-order valence-electron chi connectivity index (χ0n) is 10.0. The van der Waals surface area contributed by atoms with E-state index in [0.717, 1.165) is 10.3 Å². The molecule has 0 aliphatic carbocycles. The molecule has 1 aliphatic rings. The summed E-state index contributed by atoms with van der Waals surface area (Å²) in [7, 11) is 0. The first kappa shape index (κ1) is 13.7. The maximum atomic E-state index is 11.7. The number of hydrazine groups is 1. The van der Waals surface area contributed by atoms with Gasteiger partial charge in [0.25, 0.3) is 0 Å². The molecule has 1 N–H and O–H groups in total. The van der Waals surface area contributed by atoms with Gasteiger partial charge in [0.15, 0.2) is 0 Å². The number of hydrogen-bond acceptors (Lipinski definition) is 6. The minimum atomic E-state index is -1.20. The lowest BCUT2D eigenvalue weighted by Gasteiger charge is -2.29. The Kier molecular flexibility index (Phi) is 4.27. The average Bonchev–Trinajstić information content (AvgIpc) is 2.63. The Morgan fingerprint density at radius 2 is 1.88 bits per heavy atom. The summed E-state index contributed by atoms with van der Waals surface area (Å²) in [4.78, 5) is 32.2. The number of aliphatic carboxylic acids is 1. The lowest BCUT2D eigenvalue weighted by atomic mass is 10.2. The predicted molar refractivity (Wildman–Crippen MR) is 54.3 cm³/mol. The SMILES string of the molecule is CC(C)(C)OC(=O)N(CC(=O)O)N1OCCO1. The zero-order valence-corrected chi connectivity index (χ0v) is 10.0. The average molecular weight is 248 g/mol. The van der Waals surface area contributed by atoms with Gasteiger partial charge in [0.05, 0.1) is 13.2 Å². The normalized spacial score (nSPS) is 16.9. The molecule has 1 aliphatic heterocycles. The van der Waals surface area contributed by atoms with E-state index in [0.29, 0.717) is 0 Å². The third-order valence-electron chi connectivity index (χ3n) is 1.57. The molecular weight excluding hydrogens is 232 g/mol. The van der Waals surface area contributed by atoms with Crippen molar-refractivity contribution in [3.8, 4) is 0 Å². The summed E-state index contributed by atoms with van der Waals surface area (Å²) in [6.07, 6.45) is -0.846. The summed E-state index contributed by atoms with van der Waals surface area (Å²) >= 11 is 0. The summed E-state index contributed by atoms with van der Waals surface area (Å²) in [5, 5.41) is 10.2. The van der Waals surface area contributed by atoms with E-state index in [9.17, 15) is 9.59 Å². The summed E-state index contributed by atoms with van der Waals surface area (Å²) < 4.78 is 5.04. The van der Waals surface area contributed by atoms with Crippen LogP contribution in [0.2, 0.25) is 0 Å². The number of carboxylic acid groups (broad SMARTS) is 1. The van der Waals surface area contributed by atoms with E-state index < -0.39 is 24.2 Å². The van der Waals surface area contributed by atoms with Crippen molar-refractivity contribution in [3.05, 3.63) is 0 Å². The fourth-order valence-electron chi connectivity index (χ4n) is 1.04. The molecule has 1 heterocycles. The van der Waals surface area contributed by atoms with Gasteiger partial charge in [-0.3, -0.25) is 14.5 Å². The maximum absolute atomic E-state index is 11.7. The molecule has 0 aromatic carbocycles. The molecule has 1 rings (SSSR count). The van der Waals surface area contributed by atoms with Crippen molar-refractivity contribution in [2.24, 2.45) is 0 Å². The van der Waals surface area contributed by atoms with E-state index in [-0.39, 0.29) is 13.2 Å². The molecule has 0 bridgehead atoms. The first-order valence-electron chi connectivity index (χ1n) is 5.08. The van der Waals surface area contributed by atoms with Crippen LogP contribution in [0.3, 0.4) is 0 Å². The van der Waals surface area contributed by atoms with Gasteiger partial charge in [-0.1, -0.05) is 0 Å². The summed E-state index contributed by atoms with van der Waals surface area (Å²) in [6, 6.07) is 0. The number of hydrogen-bond donors (Lipinski definition) is 1. The molecule has 1 saturated heterocycles. The van der Waals surface area contributed by atoms with Crippen LogP contribution in [-0.4, -0.2) is 52.9 Å². The topological polar surface area (TPSA) is 88.5 Å². The molecule has 0 aromatic heterocycles. The van der Waals surface area contributed by atoms with Crippen molar-refractivity contribution >= 4 is 12.1 Å². The van der Waals surface area contributed by atoms with Crippen molar-refractivity contribution in [2.45, 2.75) is 26.4 Å². The van der Waals surface area contributed by atoms with E-state index in [2.05, 4.69) is 0 Å². The molecule has 0 radical (unpaired) electrons. The second-order valence-corrected chi connectivity index (χ2v) is 4.34. The Morgan fingerprint density at radius 1 is 1.35 bits per heavy atom. The van der Waals surface area contributed by atoms with E-state index in [1.165, 1.54) is 0 Å². The van der Waals surface area contributed by atoms with Crippen molar-refractivity contribution in [1.29, 1.82) is 0 Å². The van der Waals surface area contributed by atoms with Gasteiger partial charge in [0.2, 0.25) is 0 Å². The maximum Gasteiger partial charge on any atom is 0.429 e. The third kappa shape index (κ3) is 4.55. The highest BCUT2D eigenvalue weighted by molar-refractivity contribution is 5.76. The van der Waals surface area contributed by atoms with Gasteiger partial charge in [-0.15, -0.1) is 0 Å². The molecule has 1 amide bonds. The lowest BCUT2D eigenvalue weighted by Crippen LogP contribution is -2.48. The second kappa shape index (κ2) is 5.30. The van der Waals surface area contributed by atoms with Gasteiger partial charge >= 0.3 is 12.1 Å². The molecule has 0 unspecified atom stereocenters. The van der Waals surface area contributed by atoms with Gasteiger partial charge in [-0.25, -0.2) is 4.79 Å². The Hall–Kier alpha value is -1.38. The van der Waals surface area contributed by atoms with Crippen LogP contribution in [0.25, 0.3) is 0 Å². The first-order chi connectivity index (χ1) is 7.79. The van der Waals surface area contributed by atoms with Crippen LogP contribution >= 0.6 is 0 Å². The van der Waals surface area contributed by atoms with Gasteiger partial charge in [0.1, 0.15) is 12.1 Å². The molecule has 98 valence electrons. The number of amides is 1. The van der Waals surface area contributed by atoms with E-state index in [1.54, 1.807) is 20.8 Å². The highest BCUT2D eigenvalue weighted by Crippen LogP contribution is 2.14. The lowest BCUT2D eigenvalue weighted by molar-refractivity contribution is -0.393. The van der Waals surface area contributed by atoms with Gasteiger partial charge in [0, 0.05) is 5.34 Å². The number of nitrogens with zero attached hydrogens (tertiary/aromatic N) is 2. The minimum absolute atomic E-state index is 0.249. The fraction of sp³-hybridized carbons (Fsp3) is 0.778. The van der Waals surface area contributed by atoms with Crippen LogP contribution in [0.1, 0.15) is 20.8 Å². The quantitative estimate of drug-likeness (QED) is 0.773. The zero-order chi connectivity index (χ0) is 13.1. The standard InChI is InChI=1S/C9H16N2O6/c1-9(2,3)17-8(14)10(6-7(12)13)11-15-4-5-16-11/h4-6H2,1-3H3,(H,12,13). The van der Waals surface area contributed by atoms with Crippen LogP contribution < -0.4 is 0 Å². The predicted octanol–water partition coefficient (Wildman–Crippen LogP) is 0.402. The Bertz CT molecular complexity index is 294. The second-order valence-electron chi connectivity index (χ2n) is 4.34. The molecule has 8 heteroatoms. The monoisotopic (exact) mass is 248 g/mol. The molecular formula is C9H16N2O6. The molecule has 8 nitrogen and oxygen atoms in total. The Labute approximate surface area is 98.5 Å². The van der Waals surface area contributed by atoms with Crippen LogP contribution in [0.15, 0.2) is 0 Å². The Morgan fingerprint density at radius 3 is 2.29 bits per heavy atom. The Balaban J connectivity index is 2.67. The van der Waals surface area contributed by atoms with Crippen molar-refractivity contribution in [2.75, 3.05) is 19.8 Å². The van der Waals surface area contributed by atoms with Crippen LogP contribution in [0, 0.1) is 0 Å². The molecule has 0 saturated carbocycles. The molecule has 0 aromatic rings. The van der Waals surface area contributed by atoms with Crippen LogP contribution in [0.5, 0.6) is 0 Å². The van der Waals surface area contributed by atoms with E-state index >= 15 is 0 Å². The molecule has 0 spiro atoms. The van der Waals surface area contributed by atoms with Crippen LogP contribution in [0.4, 0.5) is 4.79 Å². The largest absolute Gasteiger partial charge is 0.480 e. The van der Waals surface area contributed by atoms with Gasteiger partial charge in [-0.05, 0) is 20.8 Å². The number of ether oxygens (including phenoxy) is 1. The number of carbonyl (C=O) groups is 2. The van der Waals surface area contributed by atoms with Gasteiger partial charge in [-0.2, -0.15) is 5.01 Å².